The van der Waals surface area contributed by atoms with Gasteiger partial charge in [-0.1, -0.05) is 60.7 Å². The summed E-state index contributed by atoms with van der Waals surface area (Å²) in [7, 11) is 0. The number of rotatable bonds is 6. The summed E-state index contributed by atoms with van der Waals surface area (Å²) in [6.45, 7) is 2.69. The van der Waals surface area contributed by atoms with Crippen LogP contribution in [0.4, 0.5) is 4.79 Å². The third-order valence-electron chi connectivity index (χ3n) is 3.66. The average Bonchev–Trinajstić information content (AvgIpc) is 3.06. The van der Waals surface area contributed by atoms with Crippen molar-refractivity contribution in [3.8, 4) is 11.3 Å². The predicted octanol–water partition coefficient (Wildman–Crippen LogP) is 3.68. The molecule has 3 rings (SSSR count). The molecule has 1 heterocycles. The topological polar surface area (TPSA) is 68.5 Å². The van der Waals surface area contributed by atoms with E-state index in [2.05, 4.69) is 22.7 Å². The van der Waals surface area contributed by atoms with Crippen molar-refractivity contribution in [1.29, 1.82) is 0 Å². The third-order valence-corrected chi connectivity index (χ3v) is 3.66. The van der Waals surface area contributed by atoms with Gasteiger partial charge in [-0.05, 0) is 12.5 Å². The van der Waals surface area contributed by atoms with Crippen LogP contribution < -0.4 is 5.43 Å². The van der Waals surface area contributed by atoms with Gasteiger partial charge < -0.3 is 4.74 Å². The summed E-state index contributed by atoms with van der Waals surface area (Å²) in [5.74, 6) is 0. The van der Waals surface area contributed by atoms with E-state index < -0.39 is 6.09 Å². The predicted molar refractivity (Wildman–Crippen MR) is 101 cm³/mol. The van der Waals surface area contributed by atoms with Gasteiger partial charge in [0, 0.05) is 17.3 Å². The second-order valence-electron chi connectivity index (χ2n) is 5.57. The van der Waals surface area contributed by atoms with Gasteiger partial charge in [0.15, 0.2) is 0 Å². The zero-order chi connectivity index (χ0) is 18.2. The highest BCUT2D eigenvalue weighted by atomic mass is 16.5. The first-order valence-electron chi connectivity index (χ1n) is 8.39. The molecule has 1 amide bonds. The molecule has 0 aliphatic heterocycles. The van der Waals surface area contributed by atoms with Gasteiger partial charge in [-0.2, -0.15) is 10.2 Å². The summed E-state index contributed by atoms with van der Waals surface area (Å²) in [6.07, 6.45) is 2.90. The van der Waals surface area contributed by atoms with E-state index in [1.165, 1.54) is 0 Å². The number of hydrogen-bond donors (Lipinski definition) is 1. The lowest BCUT2D eigenvalue weighted by Gasteiger charge is -2.01. The monoisotopic (exact) mass is 348 g/mol. The van der Waals surface area contributed by atoms with E-state index in [1.807, 2.05) is 59.4 Å². The van der Waals surface area contributed by atoms with Crippen LogP contribution in [0.15, 0.2) is 72.0 Å². The Morgan fingerprint density at radius 1 is 1.15 bits per heavy atom. The minimum atomic E-state index is -0.582. The van der Waals surface area contributed by atoms with Crippen molar-refractivity contribution in [2.45, 2.75) is 13.5 Å². The smallest absolute Gasteiger partial charge is 0.427 e. The summed E-state index contributed by atoms with van der Waals surface area (Å²) < 4.78 is 6.66. The van der Waals surface area contributed by atoms with E-state index in [1.54, 1.807) is 13.1 Å². The fraction of sp³-hybridized carbons (Fsp3) is 0.150. The molecular weight excluding hydrogens is 328 g/mol. The molecule has 0 atom stereocenters. The largest absolute Gasteiger partial charge is 0.449 e. The number of amides is 1. The Hall–Kier alpha value is -3.41. The standard InChI is InChI=1S/C20H20N4O2/c1-2-26-20(25)22-21-13-18-15-24(14-16-9-5-3-6-10-16)23-19(18)17-11-7-4-8-12-17/h3-13,15H,2,14H2,1H3,(H,22,25)/b21-13-. The highest BCUT2D eigenvalue weighted by Crippen LogP contribution is 2.21. The maximum atomic E-state index is 11.4. The molecule has 0 saturated heterocycles. The summed E-state index contributed by atoms with van der Waals surface area (Å²) in [5, 5.41) is 8.66. The summed E-state index contributed by atoms with van der Waals surface area (Å²) in [6, 6.07) is 20.0. The Bertz CT molecular complexity index is 873. The van der Waals surface area contributed by atoms with Gasteiger partial charge in [0.05, 0.1) is 19.4 Å². The number of aromatic nitrogens is 2. The second-order valence-corrected chi connectivity index (χ2v) is 5.57. The molecule has 132 valence electrons. The number of benzene rings is 2. The molecule has 2 aromatic carbocycles. The van der Waals surface area contributed by atoms with Crippen LogP contribution in [0.3, 0.4) is 0 Å². The first-order valence-corrected chi connectivity index (χ1v) is 8.39. The Balaban J connectivity index is 1.86. The van der Waals surface area contributed by atoms with Crippen molar-refractivity contribution < 1.29 is 9.53 Å². The van der Waals surface area contributed by atoms with Crippen LogP contribution in [0.25, 0.3) is 11.3 Å². The lowest BCUT2D eigenvalue weighted by atomic mass is 10.1. The van der Waals surface area contributed by atoms with Gasteiger partial charge in [-0.25, -0.2) is 10.2 Å². The zero-order valence-electron chi connectivity index (χ0n) is 14.5. The molecule has 0 aliphatic rings. The Morgan fingerprint density at radius 2 is 1.85 bits per heavy atom. The summed E-state index contributed by atoms with van der Waals surface area (Å²) >= 11 is 0. The van der Waals surface area contributed by atoms with E-state index in [9.17, 15) is 4.79 Å². The van der Waals surface area contributed by atoms with Crippen LogP contribution in [-0.2, 0) is 11.3 Å². The average molecular weight is 348 g/mol. The van der Waals surface area contributed by atoms with Gasteiger partial charge in [-0.3, -0.25) is 4.68 Å². The van der Waals surface area contributed by atoms with E-state index >= 15 is 0 Å². The highest BCUT2D eigenvalue weighted by Gasteiger charge is 2.10. The molecule has 0 saturated carbocycles. The number of nitrogens with one attached hydrogen (secondary N) is 1. The molecule has 0 radical (unpaired) electrons. The van der Waals surface area contributed by atoms with Crippen molar-refractivity contribution in [2.24, 2.45) is 5.10 Å². The van der Waals surface area contributed by atoms with Crippen molar-refractivity contribution in [2.75, 3.05) is 6.61 Å². The van der Waals surface area contributed by atoms with Gasteiger partial charge in [0.1, 0.15) is 5.69 Å². The van der Waals surface area contributed by atoms with Gasteiger partial charge in [-0.15, -0.1) is 0 Å². The maximum absolute atomic E-state index is 11.4. The van der Waals surface area contributed by atoms with Crippen LogP contribution in [-0.4, -0.2) is 28.7 Å². The maximum Gasteiger partial charge on any atom is 0.427 e. The summed E-state index contributed by atoms with van der Waals surface area (Å²) in [5.41, 5.74) is 6.09. The van der Waals surface area contributed by atoms with Crippen LogP contribution >= 0.6 is 0 Å². The molecule has 0 unspecified atom stereocenters. The Morgan fingerprint density at radius 3 is 2.54 bits per heavy atom. The van der Waals surface area contributed by atoms with Gasteiger partial charge in [0.2, 0.25) is 0 Å². The molecule has 0 bridgehead atoms. The van der Waals surface area contributed by atoms with Crippen LogP contribution in [0.1, 0.15) is 18.1 Å². The lowest BCUT2D eigenvalue weighted by molar-refractivity contribution is 0.152. The molecule has 6 nitrogen and oxygen atoms in total. The second kappa shape index (κ2) is 8.62. The quantitative estimate of drug-likeness (QED) is 0.546. The fourth-order valence-electron chi connectivity index (χ4n) is 2.52. The SMILES string of the molecule is CCOC(=O)N/N=C\c1cn(Cc2ccccc2)nc1-c1ccccc1. The van der Waals surface area contributed by atoms with Crippen LogP contribution in [0.2, 0.25) is 0 Å². The molecule has 1 N–H and O–H groups in total. The van der Waals surface area contributed by atoms with Crippen molar-refractivity contribution >= 4 is 12.3 Å². The van der Waals surface area contributed by atoms with Crippen LogP contribution in [0, 0.1) is 0 Å². The lowest BCUT2D eigenvalue weighted by Crippen LogP contribution is -2.18. The first kappa shape index (κ1) is 17.4. The van der Waals surface area contributed by atoms with E-state index in [0.29, 0.717) is 13.2 Å². The molecule has 0 spiro atoms. The zero-order valence-corrected chi connectivity index (χ0v) is 14.5. The molecular formula is C20H20N4O2. The first-order chi connectivity index (χ1) is 12.8. The van der Waals surface area contributed by atoms with Gasteiger partial charge in [0.25, 0.3) is 0 Å². The minimum absolute atomic E-state index is 0.297. The molecule has 26 heavy (non-hydrogen) atoms. The number of carbonyl (C=O) groups excluding carboxylic acids is 1. The van der Waals surface area contributed by atoms with E-state index in [4.69, 9.17) is 9.84 Å². The normalized spacial score (nSPS) is 10.8. The minimum Gasteiger partial charge on any atom is -0.449 e. The number of nitrogens with zero attached hydrogens (tertiary/aromatic N) is 3. The van der Waals surface area contributed by atoms with E-state index in [-0.39, 0.29) is 0 Å². The molecule has 0 aliphatic carbocycles. The Labute approximate surface area is 152 Å². The van der Waals surface area contributed by atoms with E-state index in [0.717, 1.165) is 22.4 Å². The number of hydrogen-bond acceptors (Lipinski definition) is 4. The molecule has 6 heteroatoms. The number of ether oxygens (including phenoxy) is 1. The van der Waals surface area contributed by atoms with Crippen LogP contribution in [0.5, 0.6) is 0 Å². The number of carbonyl (C=O) groups is 1. The molecule has 0 fully saturated rings. The highest BCUT2D eigenvalue weighted by molar-refractivity contribution is 5.89. The fourth-order valence-corrected chi connectivity index (χ4v) is 2.52. The summed E-state index contributed by atoms with van der Waals surface area (Å²) in [4.78, 5) is 11.4. The van der Waals surface area contributed by atoms with Gasteiger partial charge >= 0.3 is 6.09 Å². The number of hydrazone groups is 1. The third kappa shape index (κ3) is 4.57. The van der Waals surface area contributed by atoms with Crippen molar-refractivity contribution in [1.82, 2.24) is 15.2 Å². The molecule has 3 aromatic rings. The van der Waals surface area contributed by atoms with Crippen molar-refractivity contribution in [3.63, 3.8) is 0 Å². The van der Waals surface area contributed by atoms with Crippen molar-refractivity contribution in [3.05, 3.63) is 78.0 Å². The Kier molecular flexibility index (Phi) is 5.77. The molecule has 1 aromatic heterocycles.